The lowest BCUT2D eigenvalue weighted by Crippen LogP contribution is -2.34. The Morgan fingerprint density at radius 3 is 2.54 bits per heavy atom. The summed E-state index contributed by atoms with van der Waals surface area (Å²) in [6.07, 6.45) is 9.55. The molecule has 1 fully saturated rings. The van der Waals surface area contributed by atoms with Gasteiger partial charge in [-0.1, -0.05) is 25.1 Å². The fourth-order valence-electron chi connectivity index (χ4n) is 4.59. The van der Waals surface area contributed by atoms with Crippen molar-refractivity contribution in [3.8, 4) is 11.4 Å². The van der Waals surface area contributed by atoms with Gasteiger partial charge in [0.05, 0.1) is 5.56 Å². The van der Waals surface area contributed by atoms with Crippen LogP contribution in [0.2, 0.25) is 0 Å². The van der Waals surface area contributed by atoms with Gasteiger partial charge in [-0.05, 0) is 49.7 Å². The normalized spacial score (nSPS) is 14.0. The summed E-state index contributed by atoms with van der Waals surface area (Å²) in [5.41, 5.74) is 0.460. The minimum atomic E-state index is -0.894. The lowest BCUT2D eigenvalue weighted by molar-refractivity contribution is 0.0949. The summed E-state index contributed by atoms with van der Waals surface area (Å²) >= 11 is 0. The number of anilines is 2. The average molecular weight is 540 g/mol. The number of amides is 1. The molecule has 11 heteroatoms. The number of nitrogens with zero attached hydrogens (tertiary/aromatic N) is 5. The Bertz CT molecular complexity index is 1230. The zero-order valence-electron chi connectivity index (χ0n) is 22.4. The van der Waals surface area contributed by atoms with Crippen LogP contribution in [0.1, 0.15) is 55.8 Å². The maximum Gasteiger partial charge on any atom is 0.257 e. The molecule has 1 aromatic carbocycles. The topological polar surface area (TPSA) is 109 Å². The Morgan fingerprint density at radius 2 is 1.90 bits per heavy atom. The first-order valence-corrected chi connectivity index (χ1v) is 13.4. The van der Waals surface area contributed by atoms with Crippen LogP contribution >= 0.6 is 0 Å². The van der Waals surface area contributed by atoms with Crippen LogP contribution in [-0.4, -0.2) is 52.2 Å². The maximum atomic E-state index is 14.3. The molecule has 0 radical (unpaired) electrons. The van der Waals surface area contributed by atoms with E-state index in [2.05, 4.69) is 56.1 Å². The summed E-state index contributed by atoms with van der Waals surface area (Å²) in [7, 11) is 0. The number of hydrogen-bond donors (Lipinski definition) is 2. The first-order chi connectivity index (χ1) is 18.8. The third kappa shape index (κ3) is 7.58. The molecule has 0 atom stereocenters. The average Bonchev–Trinajstić information content (AvgIpc) is 3.38. The number of halogens is 2. The second kappa shape index (κ2) is 13.3. The molecule has 0 bridgehead atoms. The molecule has 0 unspecified atom stereocenters. The molecule has 4 rings (SSSR count). The van der Waals surface area contributed by atoms with Gasteiger partial charge < -0.3 is 20.1 Å². The van der Waals surface area contributed by atoms with Crippen LogP contribution in [0.3, 0.4) is 0 Å². The smallest absolute Gasteiger partial charge is 0.257 e. The van der Waals surface area contributed by atoms with Crippen molar-refractivity contribution in [2.75, 3.05) is 36.4 Å². The number of nitrogens with one attached hydrogen (secondary N) is 2. The number of carbonyl (C=O) groups excluding carboxylic acids is 1. The van der Waals surface area contributed by atoms with Gasteiger partial charge in [0.1, 0.15) is 17.2 Å². The zero-order chi connectivity index (χ0) is 27.8. The lowest BCUT2D eigenvalue weighted by Gasteiger charge is -2.32. The van der Waals surface area contributed by atoms with Gasteiger partial charge >= 0.3 is 0 Å². The van der Waals surface area contributed by atoms with Crippen LogP contribution in [0.25, 0.3) is 11.4 Å². The highest BCUT2D eigenvalue weighted by Gasteiger charge is 2.22. The van der Waals surface area contributed by atoms with Crippen molar-refractivity contribution >= 4 is 17.5 Å². The van der Waals surface area contributed by atoms with Crippen LogP contribution in [0.15, 0.2) is 41.7 Å². The fraction of sp³-hybridized carbons (Fsp3) is 0.464. The zero-order valence-corrected chi connectivity index (χ0v) is 22.4. The summed E-state index contributed by atoms with van der Waals surface area (Å²) in [5.74, 6) is 0.214. The Kier molecular flexibility index (Phi) is 9.56. The molecular formula is C28H35F2N7O2. The van der Waals surface area contributed by atoms with Crippen molar-refractivity contribution in [1.29, 1.82) is 0 Å². The molecule has 0 saturated carbocycles. The summed E-state index contributed by atoms with van der Waals surface area (Å²) in [5, 5.41) is 9.49. The third-order valence-corrected chi connectivity index (χ3v) is 6.64. The molecule has 3 aromatic rings. The van der Waals surface area contributed by atoms with Crippen LogP contribution < -0.4 is 15.5 Å². The Hall–Kier alpha value is -3.89. The molecule has 208 valence electrons. The van der Waals surface area contributed by atoms with Gasteiger partial charge in [-0.25, -0.2) is 18.7 Å². The maximum absolute atomic E-state index is 14.3. The minimum Gasteiger partial charge on any atom is -0.385 e. The summed E-state index contributed by atoms with van der Waals surface area (Å²) < 4.78 is 34.0. The molecule has 39 heavy (non-hydrogen) atoms. The van der Waals surface area contributed by atoms with Crippen LogP contribution in [0.5, 0.6) is 0 Å². The molecule has 2 N–H and O–H groups in total. The highest BCUT2D eigenvalue weighted by molar-refractivity contribution is 5.95. The van der Waals surface area contributed by atoms with Crippen molar-refractivity contribution in [3.05, 3.63) is 60.3 Å². The lowest BCUT2D eigenvalue weighted by atomic mass is 9.92. The monoisotopic (exact) mass is 539 g/mol. The van der Waals surface area contributed by atoms with E-state index in [-0.39, 0.29) is 6.54 Å². The third-order valence-electron chi connectivity index (χ3n) is 6.64. The van der Waals surface area contributed by atoms with Crippen molar-refractivity contribution in [3.63, 3.8) is 0 Å². The van der Waals surface area contributed by atoms with Gasteiger partial charge in [-0.3, -0.25) is 4.79 Å². The van der Waals surface area contributed by atoms with Crippen molar-refractivity contribution in [2.45, 2.75) is 46.0 Å². The molecule has 3 heterocycles. The molecule has 9 nitrogen and oxygen atoms in total. The fourth-order valence-corrected chi connectivity index (χ4v) is 4.59. The second-order valence-electron chi connectivity index (χ2n) is 10.2. The first-order valence-electron chi connectivity index (χ1n) is 13.4. The predicted molar refractivity (Wildman–Crippen MR) is 145 cm³/mol. The molecule has 2 aromatic heterocycles. The molecule has 1 amide bonds. The number of carbonyl (C=O) groups is 1. The quantitative estimate of drug-likeness (QED) is 0.244. The number of hydrogen-bond acceptors (Lipinski definition) is 8. The van der Waals surface area contributed by atoms with E-state index >= 15 is 0 Å². The standard InChI is InChI=1S/C28H35F2N7O2/c1-4-9-32-27(38)25-22(29)14-21(15-23(25)30)31-10-5-6-19-7-11-37(12-8-19)28-33-16-20(17-34-28)26-35-24(39-36-26)13-18(2)3/h4,14-19,31H,1,5-13H2,2-3H3,(H,32,38). The molecule has 1 aliphatic rings. The van der Waals surface area contributed by atoms with Crippen molar-refractivity contribution in [2.24, 2.45) is 11.8 Å². The second-order valence-corrected chi connectivity index (χ2v) is 10.2. The van der Waals surface area contributed by atoms with E-state index in [0.29, 0.717) is 41.7 Å². The molecule has 0 spiro atoms. The van der Waals surface area contributed by atoms with E-state index in [1.165, 1.54) is 6.08 Å². The largest absolute Gasteiger partial charge is 0.385 e. The number of piperidine rings is 1. The number of benzene rings is 1. The Labute approximate surface area is 227 Å². The van der Waals surface area contributed by atoms with Crippen LogP contribution in [0, 0.1) is 23.5 Å². The first kappa shape index (κ1) is 28.1. The molecule has 1 saturated heterocycles. The minimum absolute atomic E-state index is 0.136. The Morgan fingerprint density at radius 1 is 1.21 bits per heavy atom. The predicted octanol–water partition coefficient (Wildman–Crippen LogP) is 5.03. The van der Waals surface area contributed by atoms with Gasteiger partial charge in [0.2, 0.25) is 17.7 Å². The van der Waals surface area contributed by atoms with E-state index in [0.717, 1.165) is 62.9 Å². The van der Waals surface area contributed by atoms with E-state index in [9.17, 15) is 13.6 Å². The highest BCUT2D eigenvalue weighted by Crippen LogP contribution is 2.25. The van der Waals surface area contributed by atoms with E-state index < -0.39 is 23.1 Å². The Balaban J connectivity index is 1.19. The van der Waals surface area contributed by atoms with E-state index in [4.69, 9.17) is 4.52 Å². The van der Waals surface area contributed by atoms with E-state index in [1.807, 2.05) is 0 Å². The summed E-state index contributed by atoms with van der Waals surface area (Å²) in [6.45, 7) is 10.1. The number of rotatable bonds is 12. The van der Waals surface area contributed by atoms with E-state index in [1.54, 1.807) is 12.4 Å². The van der Waals surface area contributed by atoms with Gasteiger partial charge in [-0.2, -0.15) is 4.98 Å². The van der Waals surface area contributed by atoms with Crippen molar-refractivity contribution < 1.29 is 18.1 Å². The van der Waals surface area contributed by atoms with Crippen LogP contribution in [-0.2, 0) is 6.42 Å². The summed E-state index contributed by atoms with van der Waals surface area (Å²) in [4.78, 5) is 27.6. The SMILES string of the molecule is C=CCNC(=O)c1c(F)cc(NCCCC2CCN(c3ncc(-c4noc(CC(C)C)n4)cn3)CC2)cc1F. The van der Waals surface area contributed by atoms with Crippen LogP contribution in [0.4, 0.5) is 20.4 Å². The molecular weight excluding hydrogens is 504 g/mol. The van der Waals surface area contributed by atoms with Gasteiger partial charge in [0, 0.05) is 50.7 Å². The van der Waals surface area contributed by atoms with Gasteiger partial charge in [-0.15, -0.1) is 6.58 Å². The van der Waals surface area contributed by atoms with Gasteiger partial charge in [0.15, 0.2) is 0 Å². The van der Waals surface area contributed by atoms with Crippen molar-refractivity contribution in [1.82, 2.24) is 25.4 Å². The summed E-state index contributed by atoms with van der Waals surface area (Å²) in [6, 6.07) is 2.30. The number of aromatic nitrogens is 4. The molecule has 0 aliphatic carbocycles. The highest BCUT2D eigenvalue weighted by atomic mass is 19.1. The van der Waals surface area contributed by atoms with Gasteiger partial charge in [0.25, 0.3) is 5.91 Å². The molecule has 1 aliphatic heterocycles.